The lowest BCUT2D eigenvalue weighted by atomic mass is 9.85. The van der Waals surface area contributed by atoms with E-state index in [-0.39, 0.29) is 71.0 Å². The van der Waals surface area contributed by atoms with Crippen molar-refractivity contribution in [3.8, 4) is 0 Å². The highest BCUT2D eigenvalue weighted by Crippen LogP contribution is 2.54. The number of anilines is 2. The van der Waals surface area contributed by atoms with Crippen LogP contribution in [0.25, 0.3) is 0 Å². The Morgan fingerprint density at radius 1 is 0.486 bits per heavy atom. The summed E-state index contributed by atoms with van der Waals surface area (Å²) in [5.41, 5.74) is 3.40. The highest BCUT2D eigenvalue weighted by molar-refractivity contribution is 6.23. The molecular formula is C31H26N2O4. The van der Waals surface area contributed by atoms with Crippen LogP contribution in [0.5, 0.6) is 0 Å². The first-order valence-corrected chi connectivity index (χ1v) is 13.3. The number of hydrogen-bond acceptors (Lipinski definition) is 4. The van der Waals surface area contributed by atoms with Crippen LogP contribution in [0.3, 0.4) is 0 Å². The number of carbonyl (C=O) groups excluding carboxylic acids is 4. The number of nitrogens with zero attached hydrogens (tertiary/aromatic N) is 2. The van der Waals surface area contributed by atoms with Crippen LogP contribution in [0.1, 0.15) is 24.0 Å². The molecule has 4 aliphatic carbocycles. The molecule has 8 atom stereocenters. The van der Waals surface area contributed by atoms with Gasteiger partial charge in [-0.25, -0.2) is 0 Å². The summed E-state index contributed by atoms with van der Waals surface area (Å²) in [7, 11) is 0. The molecule has 0 aromatic heterocycles. The lowest BCUT2D eigenvalue weighted by Gasteiger charge is -2.18. The molecule has 2 aliphatic heterocycles. The van der Waals surface area contributed by atoms with E-state index in [0.717, 1.165) is 24.0 Å². The highest BCUT2D eigenvalue weighted by Gasteiger charge is 2.60. The quantitative estimate of drug-likeness (QED) is 0.481. The van der Waals surface area contributed by atoms with Crippen LogP contribution < -0.4 is 9.80 Å². The molecule has 2 heterocycles. The number of allylic oxidation sites excluding steroid dienone is 4. The maximum atomic E-state index is 13.1. The Balaban J connectivity index is 0.973. The molecule has 4 bridgehead atoms. The molecular weight excluding hydrogens is 464 g/mol. The molecule has 0 radical (unpaired) electrons. The Bertz CT molecular complexity index is 1270. The Labute approximate surface area is 214 Å². The van der Waals surface area contributed by atoms with E-state index in [0.29, 0.717) is 17.8 Å². The van der Waals surface area contributed by atoms with Gasteiger partial charge in [-0.05, 0) is 78.3 Å². The van der Waals surface area contributed by atoms with E-state index in [1.54, 1.807) is 0 Å². The minimum Gasteiger partial charge on any atom is -0.274 e. The number of amides is 4. The first-order valence-electron chi connectivity index (χ1n) is 13.3. The Morgan fingerprint density at radius 3 is 1.08 bits per heavy atom. The molecule has 2 saturated heterocycles. The Morgan fingerprint density at radius 2 is 0.784 bits per heavy atom. The van der Waals surface area contributed by atoms with Crippen LogP contribution in [0.2, 0.25) is 0 Å². The molecule has 6 heteroatoms. The predicted molar refractivity (Wildman–Crippen MR) is 136 cm³/mol. The van der Waals surface area contributed by atoms with Gasteiger partial charge in [0.2, 0.25) is 23.6 Å². The Kier molecular flexibility index (Phi) is 4.24. The maximum absolute atomic E-state index is 13.1. The molecule has 2 aromatic rings. The topological polar surface area (TPSA) is 74.8 Å². The van der Waals surface area contributed by atoms with Gasteiger partial charge < -0.3 is 0 Å². The van der Waals surface area contributed by atoms with E-state index in [9.17, 15) is 19.2 Å². The molecule has 2 saturated carbocycles. The van der Waals surface area contributed by atoms with E-state index in [1.165, 1.54) is 9.80 Å². The number of carbonyl (C=O) groups is 4. The molecule has 0 N–H and O–H groups in total. The summed E-state index contributed by atoms with van der Waals surface area (Å²) in [5, 5.41) is 0. The van der Waals surface area contributed by atoms with Crippen molar-refractivity contribution in [3.05, 3.63) is 84.0 Å². The van der Waals surface area contributed by atoms with Crippen molar-refractivity contribution in [2.45, 2.75) is 19.3 Å². The molecule has 37 heavy (non-hydrogen) atoms. The summed E-state index contributed by atoms with van der Waals surface area (Å²) < 4.78 is 0. The average Bonchev–Trinajstić information content (AvgIpc) is 3.74. The van der Waals surface area contributed by atoms with Crippen LogP contribution in [-0.2, 0) is 25.6 Å². The summed E-state index contributed by atoms with van der Waals surface area (Å²) in [6.07, 6.45) is 11.0. The van der Waals surface area contributed by atoms with Crippen LogP contribution in [-0.4, -0.2) is 23.6 Å². The molecule has 2 aromatic carbocycles. The fourth-order valence-electron chi connectivity index (χ4n) is 8.08. The molecule has 4 amide bonds. The third-order valence-corrected chi connectivity index (χ3v) is 9.74. The normalized spacial score (nSPS) is 36.4. The van der Waals surface area contributed by atoms with Crippen molar-refractivity contribution in [2.75, 3.05) is 9.80 Å². The first-order chi connectivity index (χ1) is 18.0. The van der Waals surface area contributed by atoms with Crippen molar-refractivity contribution < 1.29 is 19.2 Å². The second-order valence-corrected chi connectivity index (χ2v) is 11.5. The summed E-state index contributed by atoms with van der Waals surface area (Å²) in [6, 6.07) is 15.3. The number of fused-ring (bicyclic) bond motifs is 10. The van der Waals surface area contributed by atoms with Gasteiger partial charge in [-0.15, -0.1) is 0 Å². The van der Waals surface area contributed by atoms with E-state index >= 15 is 0 Å². The van der Waals surface area contributed by atoms with Gasteiger partial charge in [0, 0.05) is 0 Å². The van der Waals surface area contributed by atoms with Gasteiger partial charge in [0.15, 0.2) is 0 Å². The third-order valence-electron chi connectivity index (χ3n) is 9.74. The van der Waals surface area contributed by atoms with Crippen molar-refractivity contribution in [1.82, 2.24) is 0 Å². The molecule has 6 aliphatic rings. The minimum atomic E-state index is -0.193. The SMILES string of the molecule is O=C1[C@@H]2[C@H](C(=O)N1c1ccc(Cc3ccc(N4C(=O)[C@@H]5[C@H](C4=O)[C@H]4C=C[C@@H]5C4)cc3)cc1)[C@H]1C=C[C@@H]2C1. The Hall–Kier alpha value is -3.80. The number of benzene rings is 2. The first kappa shape index (κ1) is 21.3. The monoisotopic (exact) mass is 490 g/mol. The van der Waals surface area contributed by atoms with Gasteiger partial charge in [-0.1, -0.05) is 48.6 Å². The highest BCUT2D eigenvalue weighted by atomic mass is 16.2. The standard InChI is InChI=1S/C31H26N2O4/c34-28-24-18-5-6-19(14-18)25(24)29(35)32(28)22-9-1-16(2-10-22)13-17-3-11-23(12-4-17)33-30(36)26-20-7-8-21(15-20)27(26)31(33)37/h1-12,18-21,24-27H,13-15H2/t18-,19+,20-,21+,24+,25-,26+,27-. The lowest BCUT2D eigenvalue weighted by molar-refractivity contribution is -0.124. The zero-order chi connectivity index (χ0) is 25.0. The number of hydrogen-bond donors (Lipinski definition) is 0. The fraction of sp³-hybridized carbons (Fsp3) is 0.355. The van der Waals surface area contributed by atoms with E-state index in [1.807, 2.05) is 48.5 Å². The van der Waals surface area contributed by atoms with E-state index in [4.69, 9.17) is 0 Å². The molecule has 0 unspecified atom stereocenters. The van der Waals surface area contributed by atoms with Crippen LogP contribution in [0, 0.1) is 47.3 Å². The minimum absolute atomic E-state index is 0.0610. The van der Waals surface area contributed by atoms with E-state index in [2.05, 4.69) is 24.3 Å². The van der Waals surface area contributed by atoms with Crippen molar-refractivity contribution >= 4 is 35.0 Å². The van der Waals surface area contributed by atoms with Gasteiger partial charge in [0.05, 0.1) is 35.0 Å². The molecule has 8 rings (SSSR count). The zero-order valence-corrected chi connectivity index (χ0v) is 20.2. The molecule has 6 nitrogen and oxygen atoms in total. The zero-order valence-electron chi connectivity index (χ0n) is 20.2. The van der Waals surface area contributed by atoms with Crippen molar-refractivity contribution in [2.24, 2.45) is 47.3 Å². The van der Waals surface area contributed by atoms with Gasteiger partial charge in [0.25, 0.3) is 0 Å². The summed E-state index contributed by atoms with van der Waals surface area (Å²) >= 11 is 0. The lowest BCUT2D eigenvalue weighted by Crippen LogP contribution is -2.32. The largest absolute Gasteiger partial charge is 0.274 e. The summed E-state index contributed by atoms with van der Waals surface area (Å²) in [5.74, 6) is -0.198. The van der Waals surface area contributed by atoms with Gasteiger partial charge in [0.1, 0.15) is 0 Å². The van der Waals surface area contributed by atoms with Crippen LogP contribution in [0.15, 0.2) is 72.8 Å². The van der Waals surface area contributed by atoms with Gasteiger partial charge in [-0.3, -0.25) is 29.0 Å². The van der Waals surface area contributed by atoms with Crippen LogP contribution >= 0.6 is 0 Å². The summed E-state index contributed by atoms with van der Waals surface area (Å²) in [4.78, 5) is 55.1. The fourth-order valence-corrected chi connectivity index (χ4v) is 8.08. The third kappa shape index (κ3) is 2.81. The second-order valence-electron chi connectivity index (χ2n) is 11.5. The summed E-state index contributed by atoms with van der Waals surface area (Å²) in [6.45, 7) is 0. The van der Waals surface area contributed by atoms with Crippen LogP contribution in [0.4, 0.5) is 11.4 Å². The van der Waals surface area contributed by atoms with Crippen molar-refractivity contribution in [3.63, 3.8) is 0 Å². The molecule has 4 fully saturated rings. The number of rotatable bonds is 4. The maximum Gasteiger partial charge on any atom is 0.238 e. The van der Waals surface area contributed by atoms with E-state index < -0.39 is 0 Å². The smallest absolute Gasteiger partial charge is 0.238 e. The number of imide groups is 2. The van der Waals surface area contributed by atoms with Gasteiger partial charge in [-0.2, -0.15) is 0 Å². The average molecular weight is 491 g/mol. The predicted octanol–water partition coefficient (Wildman–Crippen LogP) is 3.90. The second kappa shape index (κ2) is 7.37. The van der Waals surface area contributed by atoms with Crippen molar-refractivity contribution in [1.29, 1.82) is 0 Å². The molecule has 0 spiro atoms. The molecule has 184 valence electrons. The van der Waals surface area contributed by atoms with Gasteiger partial charge >= 0.3 is 0 Å².